The predicted octanol–water partition coefficient (Wildman–Crippen LogP) is 1.55. The minimum Gasteiger partial charge on any atom is -0.354 e. The molecule has 1 aliphatic rings. The van der Waals surface area contributed by atoms with Crippen molar-refractivity contribution >= 4 is 49.1 Å². The molecule has 0 bridgehead atoms. The molecule has 0 radical (unpaired) electrons. The van der Waals surface area contributed by atoms with Crippen molar-refractivity contribution in [2.24, 2.45) is 5.92 Å². The lowest BCUT2D eigenvalue weighted by atomic mass is 10.2. The fourth-order valence-corrected chi connectivity index (χ4v) is 6.33. The number of nitrogens with zero attached hydrogens (tertiary/aromatic N) is 1. The molecule has 1 fully saturated rings. The highest BCUT2D eigenvalue weighted by molar-refractivity contribution is 9.11. The second-order valence-electron chi connectivity index (χ2n) is 6.07. The first-order valence-electron chi connectivity index (χ1n) is 8.06. The lowest BCUT2D eigenvalue weighted by Crippen LogP contribution is -2.47. The maximum absolute atomic E-state index is 12.7. The van der Waals surface area contributed by atoms with E-state index in [0.717, 1.165) is 15.1 Å². The van der Waals surface area contributed by atoms with Crippen LogP contribution in [0.1, 0.15) is 26.7 Å². The van der Waals surface area contributed by atoms with Gasteiger partial charge in [0.05, 0.1) is 3.79 Å². The summed E-state index contributed by atoms with van der Waals surface area (Å²) in [6.07, 6.45) is 1.14. The molecule has 140 valence electrons. The zero-order valence-electron chi connectivity index (χ0n) is 14.1. The number of carbonyl (C=O) groups is 2. The van der Waals surface area contributed by atoms with Crippen molar-refractivity contribution in [2.75, 3.05) is 19.6 Å². The molecule has 0 aromatic carbocycles. The van der Waals surface area contributed by atoms with Crippen LogP contribution in [-0.4, -0.2) is 50.2 Å². The van der Waals surface area contributed by atoms with Crippen LogP contribution in [0.15, 0.2) is 20.1 Å². The van der Waals surface area contributed by atoms with Crippen LogP contribution < -0.4 is 10.6 Å². The van der Waals surface area contributed by atoms with Gasteiger partial charge in [0.25, 0.3) is 10.0 Å². The van der Waals surface area contributed by atoms with Crippen LogP contribution in [0.5, 0.6) is 0 Å². The van der Waals surface area contributed by atoms with Gasteiger partial charge in [0.15, 0.2) is 0 Å². The summed E-state index contributed by atoms with van der Waals surface area (Å²) in [5.41, 5.74) is 0. The Labute approximate surface area is 160 Å². The number of rotatable bonds is 7. The molecule has 2 heterocycles. The molecule has 1 aromatic heterocycles. The summed E-state index contributed by atoms with van der Waals surface area (Å²) in [5.74, 6) is -0.519. The highest BCUT2D eigenvalue weighted by atomic mass is 79.9. The maximum atomic E-state index is 12.7. The number of nitrogens with one attached hydrogen (secondary N) is 2. The lowest BCUT2D eigenvalue weighted by Gasteiger charge is -2.22. The fourth-order valence-electron chi connectivity index (χ4n) is 2.54. The first kappa shape index (κ1) is 20.3. The Balaban J connectivity index is 1.94. The molecule has 2 amide bonds. The number of thiophene rings is 1. The zero-order valence-corrected chi connectivity index (χ0v) is 17.3. The van der Waals surface area contributed by atoms with Gasteiger partial charge in [-0.15, -0.1) is 11.3 Å². The molecule has 0 aliphatic carbocycles. The van der Waals surface area contributed by atoms with Crippen molar-refractivity contribution in [3.8, 4) is 0 Å². The Kier molecular flexibility index (Phi) is 7.01. The van der Waals surface area contributed by atoms with Gasteiger partial charge in [-0.1, -0.05) is 13.8 Å². The molecule has 0 spiro atoms. The Morgan fingerprint density at radius 1 is 1.32 bits per heavy atom. The summed E-state index contributed by atoms with van der Waals surface area (Å²) in [7, 11) is -3.68. The Morgan fingerprint density at radius 2 is 2.00 bits per heavy atom. The van der Waals surface area contributed by atoms with Gasteiger partial charge in [0.2, 0.25) is 11.8 Å². The van der Waals surface area contributed by atoms with E-state index in [0.29, 0.717) is 25.9 Å². The van der Waals surface area contributed by atoms with Gasteiger partial charge in [-0.2, -0.15) is 4.31 Å². The third-order valence-corrected chi connectivity index (χ3v) is 7.86. The van der Waals surface area contributed by atoms with E-state index in [-0.39, 0.29) is 28.5 Å². The van der Waals surface area contributed by atoms with Crippen molar-refractivity contribution in [1.82, 2.24) is 14.9 Å². The summed E-state index contributed by atoms with van der Waals surface area (Å²) in [6, 6.07) is 2.52. The number of hydrogen-bond acceptors (Lipinski definition) is 5. The first-order chi connectivity index (χ1) is 11.7. The maximum Gasteiger partial charge on any atom is 0.253 e. The lowest BCUT2D eigenvalue weighted by molar-refractivity contribution is -0.125. The second kappa shape index (κ2) is 8.61. The monoisotopic (exact) mass is 451 g/mol. The third kappa shape index (κ3) is 5.02. The molecule has 2 N–H and O–H groups in total. The molecule has 7 nitrogen and oxygen atoms in total. The van der Waals surface area contributed by atoms with E-state index in [1.807, 2.05) is 0 Å². The Morgan fingerprint density at radius 3 is 2.60 bits per heavy atom. The van der Waals surface area contributed by atoms with Crippen molar-refractivity contribution in [3.05, 3.63) is 15.9 Å². The van der Waals surface area contributed by atoms with Gasteiger partial charge < -0.3 is 10.6 Å². The largest absolute Gasteiger partial charge is 0.354 e. The fraction of sp³-hybridized carbons (Fsp3) is 0.600. The minimum absolute atomic E-state index is 0.0809. The molecule has 10 heteroatoms. The molecule has 25 heavy (non-hydrogen) atoms. The van der Waals surface area contributed by atoms with E-state index in [1.54, 1.807) is 26.0 Å². The average Bonchev–Trinajstić information content (AvgIpc) is 3.20. The van der Waals surface area contributed by atoms with E-state index in [1.165, 1.54) is 4.31 Å². The Bertz CT molecular complexity index is 733. The molecular weight excluding hydrogens is 430 g/mol. The van der Waals surface area contributed by atoms with Crippen molar-refractivity contribution in [2.45, 2.75) is 36.9 Å². The van der Waals surface area contributed by atoms with E-state index in [4.69, 9.17) is 0 Å². The molecular formula is C15H22BrN3O4S2. The Hall–Kier alpha value is -0.970. The standard InChI is InChI=1S/C15H22BrN3O4S2/c1-10(2)14(20)17-7-8-18-15(21)11-4-3-9-19(11)25(22,23)13-6-5-12(16)24-13/h5-6,10-11H,3-4,7-9H2,1-2H3,(H,17,20)(H,18,21). The normalized spacial score (nSPS) is 18.5. The van der Waals surface area contributed by atoms with Crippen LogP contribution in [-0.2, 0) is 19.6 Å². The summed E-state index contributed by atoms with van der Waals surface area (Å²) < 4.78 is 27.7. The molecule has 1 saturated heterocycles. The van der Waals surface area contributed by atoms with Crippen molar-refractivity contribution < 1.29 is 18.0 Å². The van der Waals surface area contributed by atoms with Crippen LogP contribution in [0, 0.1) is 5.92 Å². The smallest absolute Gasteiger partial charge is 0.253 e. The molecule has 1 aliphatic heterocycles. The number of hydrogen-bond donors (Lipinski definition) is 2. The number of halogens is 1. The van der Waals surface area contributed by atoms with Crippen LogP contribution in [0.25, 0.3) is 0 Å². The second-order valence-corrected chi connectivity index (χ2v) is 10.6. The topological polar surface area (TPSA) is 95.6 Å². The summed E-state index contributed by atoms with van der Waals surface area (Å²) in [4.78, 5) is 23.9. The first-order valence-corrected chi connectivity index (χ1v) is 11.1. The third-order valence-electron chi connectivity index (χ3n) is 3.87. The van der Waals surface area contributed by atoms with Crippen molar-refractivity contribution in [1.29, 1.82) is 0 Å². The van der Waals surface area contributed by atoms with Gasteiger partial charge in [-0.25, -0.2) is 8.42 Å². The van der Waals surface area contributed by atoms with Gasteiger partial charge in [0.1, 0.15) is 10.3 Å². The summed E-state index contributed by atoms with van der Waals surface area (Å²) >= 11 is 4.39. The zero-order chi connectivity index (χ0) is 18.6. The van der Waals surface area contributed by atoms with E-state index >= 15 is 0 Å². The van der Waals surface area contributed by atoms with E-state index < -0.39 is 16.1 Å². The van der Waals surface area contributed by atoms with Gasteiger partial charge in [-0.3, -0.25) is 9.59 Å². The average molecular weight is 452 g/mol. The van der Waals surface area contributed by atoms with Crippen LogP contribution in [0.4, 0.5) is 0 Å². The van der Waals surface area contributed by atoms with E-state index in [2.05, 4.69) is 26.6 Å². The molecule has 2 rings (SSSR count). The minimum atomic E-state index is -3.68. The SMILES string of the molecule is CC(C)C(=O)NCCNC(=O)C1CCCN1S(=O)(=O)c1ccc(Br)s1. The van der Waals surface area contributed by atoms with E-state index in [9.17, 15) is 18.0 Å². The molecule has 0 saturated carbocycles. The molecule has 1 aromatic rings. The van der Waals surface area contributed by atoms with Crippen molar-refractivity contribution in [3.63, 3.8) is 0 Å². The van der Waals surface area contributed by atoms with Gasteiger partial charge >= 0.3 is 0 Å². The number of amides is 2. The highest BCUT2D eigenvalue weighted by Gasteiger charge is 2.39. The molecule has 1 unspecified atom stereocenters. The van der Waals surface area contributed by atoms with Crippen LogP contribution >= 0.6 is 27.3 Å². The quantitative estimate of drug-likeness (QED) is 0.614. The summed E-state index contributed by atoms with van der Waals surface area (Å²) in [5, 5.41) is 5.42. The van der Waals surface area contributed by atoms with Crippen LogP contribution in [0.2, 0.25) is 0 Å². The molecule has 1 atom stereocenters. The number of sulfonamides is 1. The van der Waals surface area contributed by atoms with Gasteiger partial charge in [-0.05, 0) is 40.9 Å². The van der Waals surface area contributed by atoms with Crippen LogP contribution in [0.3, 0.4) is 0 Å². The summed E-state index contributed by atoms with van der Waals surface area (Å²) in [6.45, 7) is 4.50. The van der Waals surface area contributed by atoms with Gasteiger partial charge in [0, 0.05) is 25.6 Å². The highest BCUT2D eigenvalue weighted by Crippen LogP contribution is 2.32. The predicted molar refractivity (Wildman–Crippen MR) is 99.8 cm³/mol. The number of carbonyl (C=O) groups excluding carboxylic acids is 2.